The Kier molecular flexibility index (Phi) is 2.39. The van der Waals surface area contributed by atoms with Crippen LogP contribution in [0, 0.1) is 6.92 Å². The average molecular weight is 240 g/mol. The number of halogens is 1. The van der Waals surface area contributed by atoms with Gasteiger partial charge in [0.2, 0.25) is 5.91 Å². The summed E-state index contributed by atoms with van der Waals surface area (Å²) < 4.78 is 5.24. The van der Waals surface area contributed by atoms with Gasteiger partial charge in [0.05, 0.1) is 18.2 Å². The number of anilines is 1. The molecule has 1 heterocycles. The topological polar surface area (TPSA) is 38.3 Å². The largest absolute Gasteiger partial charge is 0.495 e. The molecule has 0 aliphatic carbocycles. The normalized spacial score (nSPS) is 16.9. The van der Waals surface area contributed by atoms with Crippen molar-refractivity contribution in [3.8, 4) is 5.75 Å². The fraction of sp³-hybridized carbons (Fsp3) is 0.417. The van der Waals surface area contributed by atoms with Gasteiger partial charge in [-0.25, -0.2) is 0 Å². The molecule has 0 spiro atoms. The highest BCUT2D eigenvalue weighted by atomic mass is 35.5. The fourth-order valence-electron chi connectivity index (χ4n) is 2.18. The number of rotatable bonds is 1. The molecule has 16 heavy (non-hydrogen) atoms. The van der Waals surface area contributed by atoms with Crippen LogP contribution in [0.5, 0.6) is 5.75 Å². The Morgan fingerprint density at radius 2 is 2.06 bits per heavy atom. The van der Waals surface area contributed by atoms with Gasteiger partial charge in [-0.05, 0) is 31.9 Å². The molecule has 4 heteroatoms. The first kappa shape index (κ1) is 11.3. The van der Waals surface area contributed by atoms with Gasteiger partial charge >= 0.3 is 0 Å². The number of carbonyl (C=O) groups excluding carboxylic acids is 1. The minimum atomic E-state index is -0.558. The van der Waals surface area contributed by atoms with E-state index in [4.69, 9.17) is 16.3 Å². The van der Waals surface area contributed by atoms with Crippen molar-refractivity contribution in [1.82, 2.24) is 0 Å². The quantitative estimate of drug-likeness (QED) is 0.819. The standard InChI is InChI=1S/C12H14ClNO2/c1-6-7(13)5-8(16-4)10-9(6)12(2,3)11(15)14-10/h5H,1-4H3,(H,14,15). The molecule has 0 unspecified atom stereocenters. The van der Waals surface area contributed by atoms with Crippen LogP contribution in [-0.2, 0) is 10.2 Å². The van der Waals surface area contributed by atoms with E-state index < -0.39 is 5.41 Å². The summed E-state index contributed by atoms with van der Waals surface area (Å²) in [5.41, 5.74) is 2.06. The van der Waals surface area contributed by atoms with Gasteiger partial charge in [0.1, 0.15) is 5.75 Å². The third kappa shape index (κ3) is 1.31. The molecule has 2 rings (SSSR count). The van der Waals surface area contributed by atoms with E-state index in [1.54, 1.807) is 13.2 Å². The fourth-order valence-corrected chi connectivity index (χ4v) is 2.37. The maximum Gasteiger partial charge on any atom is 0.234 e. The second kappa shape index (κ2) is 3.39. The molecule has 1 aliphatic rings. The molecular formula is C12H14ClNO2. The molecule has 3 nitrogen and oxygen atoms in total. The van der Waals surface area contributed by atoms with E-state index in [0.29, 0.717) is 10.8 Å². The molecule has 0 atom stereocenters. The number of nitrogens with one attached hydrogen (secondary N) is 1. The van der Waals surface area contributed by atoms with Gasteiger partial charge in [-0.15, -0.1) is 0 Å². The van der Waals surface area contributed by atoms with Crippen LogP contribution in [0.1, 0.15) is 25.0 Å². The molecule has 0 saturated carbocycles. The minimum Gasteiger partial charge on any atom is -0.495 e. The summed E-state index contributed by atoms with van der Waals surface area (Å²) in [6.07, 6.45) is 0. The predicted octanol–water partition coefficient (Wildman–Crippen LogP) is 2.89. The molecule has 86 valence electrons. The first-order valence-electron chi connectivity index (χ1n) is 5.08. The van der Waals surface area contributed by atoms with Crippen LogP contribution in [0.15, 0.2) is 6.07 Å². The lowest BCUT2D eigenvalue weighted by molar-refractivity contribution is -0.119. The van der Waals surface area contributed by atoms with Crippen molar-refractivity contribution in [1.29, 1.82) is 0 Å². The van der Waals surface area contributed by atoms with Crippen molar-refractivity contribution < 1.29 is 9.53 Å². The van der Waals surface area contributed by atoms with Gasteiger partial charge in [-0.2, -0.15) is 0 Å². The highest BCUT2D eigenvalue weighted by Crippen LogP contribution is 2.46. The molecule has 1 N–H and O–H groups in total. The number of hydrogen-bond donors (Lipinski definition) is 1. The zero-order valence-electron chi connectivity index (χ0n) is 9.77. The second-order valence-electron chi connectivity index (χ2n) is 4.51. The zero-order chi connectivity index (χ0) is 12.1. The zero-order valence-corrected chi connectivity index (χ0v) is 10.5. The number of methoxy groups -OCH3 is 1. The third-order valence-electron chi connectivity index (χ3n) is 3.14. The number of ether oxygens (including phenoxy) is 1. The molecule has 0 radical (unpaired) electrons. The van der Waals surface area contributed by atoms with Crippen molar-refractivity contribution in [2.75, 3.05) is 12.4 Å². The Balaban J connectivity index is 2.79. The van der Waals surface area contributed by atoms with E-state index >= 15 is 0 Å². The van der Waals surface area contributed by atoms with E-state index in [9.17, 15) is 4.79 Å². The van der Waals surface area contributed by atoms with E-state index in [1.807, 2.05) is 20.8 Å². The van der Waals surface area contributed by atoms with Crippen molar-refractivity contribution in [2.24, 2.45) is 0 Å². The highest BCUT2D eigenvalue weighted by Gasteiger charge is 2.41. The molecule has 1 amide bonds. The van der Waals surface area contributed by atoms with Crippen molar-refractivity contribution in [2.45, 2.75) is 26.2 Å². The summed E-state index contributed by atoms with van der Waals surface area (Å²) in [6, 6.07) is 1.73. The summed E-state index contributed by atoms with van der Waals surface area (Å²) in [5, 5.41) is 3.48. The highest BCUT2D eigenvalue weighted by molar-refractivity contribution is 6.32. The van der Waals surface area contributed by atoms with E-state index in [1.165, 1.54) is 0 Å². The van der Waals surface area contributed by atoms with E-state index in [0.717, 1.165) is 16.8 Å². The Bertz CT molecular complexity index is 480. The molecule has 0 fully saturated rings. The van der Waals surface area contributed by atoms with Gasteiger partial charge < -0.3 is 10.1 Å². The first-order valence-corrected chi connectivity index (χ1v) is 5.46. The lowest BCUT2D eigenvalue weighted by Gasteiger charge is -2.19. The van der Waals surface area contributed by atoms with Crippen LogP contribution < -0.4 is 10.1 Å². The maximum atomic E-state index is 11.9. The Morgan fingerprint density at radius 3 is 2.62 bits per heavy atom. The number of fused-ring (bicyclic) bond motifs is 1. The van der Waals surface area contributed by atoms with Crippen LogP contribution in [0.3, 0.4) is 0 Å². The third-order valence-corrected chi connectivity index (χ3v) is 3.53. The van der Waals surface area contributed by atoms with Gasteiger partial charge in [0.15, 0.2) is 0 Å². The summed E-state index contributed by atoms with van der Waals surface area (Å²) in [7, 11) is 1.57. The Morgan fingerprint density at radius 1 is 1.44 bits per heavy atom. The van der Waals surface area contributed by atoms with Crippen molar-refractivity contribution in [3.63, 3.8) is 0 Å². The lowest BCUT2D eigenvalue weighted by atomic mass is 9.83. The Hall–Kier alpha value is -1.22. The van der Waals surface area contributed by atoms with Crippen LogP contribution in [0.2, 0.25) is 5.02 Å². The predicted molar refractivity (Wildman–Crippen MR) is 64.4 cm³/mol. The van der Waals surface area contributed by atoms with Crippen molar-refractivity contribution in [3.05, 3.63) is 22.2 Å². The molecule has 1 aromatic rings. The number of benzene rings is 1. The maximum absolute atomic E-state index is 11.9. The molecule has 0 bridgehead atoms. The lowest BCUT2D eigenvalue weighted by Crippen LogP contribution is -2.27. The first-order chi connectivity index (χ1) is 7.39. The van der Waals surface area contributed by atoms with Gasteiger partial charge in [-0.1, -0.05) is 11.6 Å². The molecular weight excluding hydrogens is 226 g/mol. The molecule has 1 aromatic carbocycles. The van der Waals surface area contributed by atoms with Crippen LogP contribution >= 0.6 is 11.6 Å². The van der Waals surface area contributed by atoms with Crippen LogP contribution in [-0.4, -0.2) is 13.0 Å². The SMILES string of the molecule is COc1cc(Cl)c(C)c2c1NC(=O)C2(C)C. The minimum absolute atomic E-state index is 0.0221. The van der Waals surface area contributed by atoms with E-state index in [2.05, 4.69) is 5.32 Å². The number of amides is 1. The molecule has 1 aliphatic heterocycles. The van der Waals surface area contributed by atoms with Gasteiger partial charge in [0, 0.05) is 11.1 Å². The summed E-state index contributed by atoms with van der Waals surface area (Å²) in [5.74, 6) is 0.593. The van der Waals surface area contributed by atoms with Gasteiger partial charge in [0.25, 0.3) is 0 Å². The average Bonchev–Trinajstić information content (AvgIpc) is 2.45. The Labute approximate surface area is 99.7 Å². The van der Waals surface area contributed by atoms with Crippen LogP contribution in [0.25, 0.3) is 0 Å². The summed E-state index contributed by atoms with van der Waals surface area (Å²) in [4.78, 5) is 11.9. The van der Waals surface area contributed by atoms with E-state index in [-0.39, 0.29) is 5.91 Å². The smallest absolute Gasteiger partial charge is 0.234 e. The number of carbonyl (C=O) groups is 1. The summed E-state index contributed by atoms with van der Waals surface area (Å²) >= 11 is 6.13. The second-order valence-corrected chi connectivity index (χ2v) is 4.92. The summed E-state index contributed by atoms with van der Waals surface area (Å²) in [6.45, 7) is 5.69. The van der Waals surface area contributed by atoms with Crippen LogP contribution in [0.4, 0.5) is 5.69 Å². The van der Waals surface area contributed by atoms with Gasteiger partial charge in [-0.3, -0.25) is 4.79 Å². The van der Waals surface area contributed by atoms with Crippen molar-refractivity contribution >= 4 is 23.2 Å². The number of hydrogen-bond acceptors (Lipinski definition) is 2. The molecule has 0 aromatic heterocycles. The monoisotopic (exact) mass is 239 g/mol. The molecule has 0 saturated heterocycles.